The van der Waals surface area contributed by atoms with Crippen molar-refractivity contribution in [1.29, 1.82) is 0 Å². The molecule has 0 bridgehead atoms. The summed E-state index contributed by atoms with van der Waals surface area (Å²) < 4.78 is 2.15. The number of anilines is 1. The molecule has 1 aromatic heterocycles. The van der Waals surface area contributed by atoms with Crippen molar-refractivity contribution in [3.05, 3.63) is 89.2 Å². The van der Waals surface area contributed by atoms with Crippen LogP contribution in [0.1, 0.15) is 29.3 Å². The van der Waals surface area contributed by atoms with Crippen LogP contribution in [-0.4, -0.2) is 15.9 Å². The fourth-order valence-corrected chi connectivity index (χ4v) is 3.00. The summed E-state index contributed by atoms with van der Waals surface area (Å²) in [7, 11) is 0. The van der Waals surface area contributed by atoms with Crippen LogP contribution < -0.4 is 10.7 Å². The second-order valence-electron chi connectivity index (χ2n) is 6.38. The van der Waals surface area contributed by atoms with Gasteiger partial charge in [0, 0.05) is 18.4 Å². The van der Waals surface area contributed by atoms with Crippen molar-refractivity contribution in [1.82, 2.24) is 9.99 Å². The summed E-state index contributed by atoms with van der Waals surface area (Å²) in [6.07, 6.45) is 4.78. The number of nitrogens with one attached hydrogen (secondary N) is 2. The molecule has 5 heteroatoms. The third-order valence-corrected chi connectivity index (χ3v) is 4.54. The molecule has 0 aliphatic rings. The van der Waals surface area contributed by atoms with Crippen LogP contribution in [0, 0.1) is 6.92 Å². The highest BCUT2D eigenvalue weighted by Crippen LogP contribution is 2.15. The van der Waals surface area contributed by atoms with E-state index < -0.39 is 0 Å². The zero-order chi connectivity index (χ0) is 19.1. The molecule has 1 heterocycles. The van der Waals surface area contributed by atoms with Gasteiger partial charge >= 0.3 is 0 Å². The normalized spacial score (nSPS) is 10.9. The minimum atomic E-state index is 0.476. The van der Waals surface area contributed by atoms with Crippen LogP contribution in [0.4, 0.5) is 5.69 Å². The van der Waals surface area contributed by atoms with E-state index in [2.05, 4.69) is 70.8 Å². The molecule has 0 saturated heterocycles. The molecule has 3 aromatic rings. The Hall–Kier alpha value is -2.92. The number of para-hydroxylation sites is 1. The van der Waals surface area contributed by atoms with Gasteiger partial charge in [0.15, 0.2) is 5.11 Å². The molecular formula is C22H24N4S. The van der Waals surface area contributed by atoms with Crippen molar-refractivity contribution in [3.63, 3.8) is 0 Å². The van der Waals surface area contributed by atoms with Crippen LogP contribution in [0.15, 0.2) is 72.0 Å². The van der Waals surface area contributed by atoms with Gasteiger partial charge in [0.1, 0.15) is 0 Å². The zero-order valence-electron chi connectivity index (χ0n) is 15.6. The highest BCUT2D eigenvalue weighted by molar-refractivity contribution is 7.80. The first-order valence-electron chi connectivity index (χ1n) is 9.04. The van der Waals surface area contributed by atoms with E-state index in [1.807, 2.05) is 30.3 Å². The number of aryl methyl sites for hydroxylation is 2. The first-order chi connectivity index (χ1) is 13.2. The van der Waals surface area contributed by atoms with Crippen LogP contribution in [0.3, 0.4) is 0 Å². The van der Waals surface area contributed by atoms with E-state index in [1.165, 1.54) is 16.7 Å². The SMILES string of the molecule is CCc1ccccc1NC(=S)N/N=C\c1cccn1Cc1ccc(C)cc1. The Balaban J connectivity index is 1.59. The van der Waals surface area contributed by atoms with E-state index in [4.69, 9.17) is 12.2 Å². The predicted octanol–water partition coefficient (Wildman–Crippen LogP) is 4.73. The van der Waals surface area contributed by atoms with Crippen LogP contribution >= 0.6 is 12.2 Å². The lowest BCUT2D eigenvalue weighted by Gasteiger charge is -2.11. The molecule has 0 amide bonds. The average Bonchev–Trinajstić information content (AvgIpc) is 3.11. The fraction of sp³-hybridized carbons (Fsp3) is 0.182. The predicted molar refractivity (Wildman–Crippen MR) is 117 cm³/mol. The zero-order valence-corrected chi connectivity index (χ0v) is 16.5. The molecule has 0 radical (unpaired) electrons. The molecule has 4 nitrogen and oxygen atoms in total. The molecule has 0 spiro atoms. The van der Waals surface area contributed by atoms with Gasteiger partial charge in [0.25, 0.3) is 0 Å². The van der Waals surface area contributed by atoms with E-state index in [-0.39, 0.29) is 0 Å². The van der Waals surface area contributed by atoms with E-state index in [0.29, 0.717) is 5.11 Å². The topological polar surface area (TPSA) is 41.4 Å². The number of nitrogens with zero attached hydrogens (tertiary/aromatic N) is 2. The van der Waals surface area contributed by atoms with Gasteiger partial charge in [-0.1, -0.05) is 55.0 Å². The van der Waals surface area contributed by atoms with Crippen molar-refractivity contribution < 1.29 is 0 Å². The van der Waals surface area contributed by atoms with E-state index in [9.17, 15) is 0 Å². The van der Waals surface area contributed by atoms with Gasteiger partial charge < -0.3 is 9.88 Å². The number of hydrazone groups is 1. The number of aromatic nitrogens is 1. The second kappa shape index (κ2) is 9.14. The summed E-state index contributed by atoms with van der Waals surface area (Å²) in [5.41, 5.74) is 8.66. The standard InChI is InChI=1S/C22H24N4S/c1-3-19-7-4-5-9-21(19)24-22(27)25-23-15-20-8-6-14-26(20)16-18-12-10-17(2)11-13-18/h4-15H,3,16H2,1-2H3,(H2,24,25,27)/b23-15-. The fourth-order valence-electron chi connectivity index (χ4n) is 2.84. The van der Waals surface area contributed by atoms with Crippen LogP contribution in [-0.2, 0) is 13.0 Å². The van der Waals surface area contributed by atoms with Crippen molar-refractivity contribution in [2.45, 2.75) is 26.8 Å². The van der Waals surface area contributed by atoms with Crippen molar-refractivity contribution in [2.24, 2.45) is 5.10 Å². The van der Waals surface area contributed by atoms with E-state index >= 15 is 0 Å². The Morgan fingerprint density at radius 3 is 2.63 bits per heavy atom. The summed E-state index contributed by atoms with van der Waals surface area (Å²) in [4.78, 5) is 0. The van der Waals surface area contributed by atoms with Crippen LogP contribution in [0.5, 0.6) is 0 Å². The summed E-state index contributed by atoms with van der Waals surface area (Å²) in [5.74, 6) is 0. The minimum absolute atomic E-state index is 0.476. The summed E-state index contributed by atoms with van der Waals surface area (Å²) in [5, 5.41) is 7.96. The minimum Gasteiger partial charge on any atom is -0.342 e. The molecule has 0 atom stereocenters. The lowest BCUT2D eigenvalue weighted by atomic mass is 10.1. The highest BCUT2D eigenvalue weighted by atomic mass is 32.1. The molecule has 27 heavy (non-hydrogen) atoms. The maximum Gasteiger partial charge on any atom is 0.191 e. The van der Waals surface area contributed by atoms with Gasteiger partial charge in [-0.25, -0.2) is 0 Å². The monoisotopic (exact) mass is 376 g/mol. The largest absolute Gasteiger partial charge is 0.342 e. The molecule has 3 rings (SSSR count). The van der Waals surface area contributed by atoms with Gasteiger partial charge in [-0.2, -0.15) is 5.10 Å². The molecule has 0 aliphatic carbocycles. The lowest BCUT2D eigenvalue weighted by Crippen LogP contribution is -2.24. The van der Waals surface area contributed by atoms with Gasteiger partial charge in [-0.05, 0) is 54.9 Å². The quantitative estimate of drug-likeness (QED) is 0.371. The maximum absolute atomic E-state index is 5.35. The van der Waals surface area contributed by atoms with Gasteiger partial charge in [-0.15, -0.1) is 0 Å². The van der Waals surface area contributed by atoms with Crippen LogP contribution in [0.2, 0.25) is 0 Å². The molecule has 2 aromatic carbocycles. The average molecular weight is 377 g/mol. The smallest absolute Gasteiger partial charge is 0.191 e. The van der Waals surface area contributed by atoms with Crippen molar-refractivity contribution >= 4 is 29.2 Å². The van der Waals surface area contributed by atoms with Crippen molar-refractivity contribution in [2.75, 3.05) is 5.32 Å². The number of hydrogen-bond acceptors (Lipinski definition) is 2. The maximum atomic E-state index is 5.35. The number of rotatable bonds is 6. The first kappa shape index (κ1) is 18.9. The Morgan fingerprint density at radius 1 is 1.07 bits per heavy atom. The highest BCUT2D eigenvalue weighted by Gasteiger charge is 2.02. The molecule has 0 unspecified atom stereocenters. The van der Waals surface area contributed by atoms with E-state index in [1.54, 1.807) is 6.21 Å². The summed E-state index contributed by atoms with van der Waals surface area (Å²) in [6, 6.07) is 20.7. The molecule has 138 valence electrons. The molecule has 2 N–H and O–H groups in total. The summed E-state index contributed by atoms with van der Waals surface area (Å²) >= 11 is 5.35. The summed E-state index contributed by atoms with van der Waals surface area (Å²) in [6.45, 7) is 5.03. The number of hydrogen-bond donors (Lipinski definition) is 2. The third-order valence-electron chi connectivity index (χ3n) is 4.35. The first-order valence-corrected chi connectivity index (χ1v) is 9.45. The molecule has 0 saturated carbocycles. The van der Waals surface area contributed by atoms with Crippen molar-refractivity contribution in [3.8, 4) is 0 Å². The lowest BCUT2D eigenvalue weighted by molar-refractivity contribution is 0.798. The van der Waals surface area contributed by atoms with Gasteiger partial charge in [0.05, 0.1) is 11.9 Å². The molecular weight excluding hydrogens is 352 g/mol. The molecule has 0 fully saturated rings. The third kappa shape index (κ3) is 5.28. The van der Waals surface area contributed by atoms with Crippen LogP contribution in [0.25, 0.3) is 0 Å². The number of benzene rings is 2. The Morgan fingerprint density at radius 2 is 1.85 bits per heavy atom. The van der Waals surface area contributed by atoms with E-state index in [0.717, 1.165) is 24.3 Å². The van der Waals surface area contributed by atoms with Gasteiger partial charge in [-0.3, -0.25) is 5.43 Å². The Kier molecular flexibility index (Phi) is 6.39. The Bertz CT molecular complexity index is 925. The number of thiocarbonyl (C=S) groups is 1. The van der Waals surface area contributed by atoms with Gasteiger partial charge in [0.2, 0.25) is 0 Å². The Labute approximate surface area is 165 Å². The second-order valence-corrected chi connectivity index (χ2v) is 6.79. The molecule has 0 aliphatic heterocycles.